The van der Waals surface area contributed by atoms with Crippen LogP contribution >= 0.6 is 0 Å². The molecule has 0 saturated heterocycles. The first-order chi connectivity index (χ1) is 8.87. The van der Waals surface area contributed by atoms with Gasteiger partial charge in [-0.15, -0.1) is 0 Å². The Hall–Kier alpha value is -1.95. The molecule has 0 bridgehead atoms. The predicted molar refractivity (Wildman–Crippen MR) is 75.2 cm³/mol. The molecule has 0 amide bonds. The van der Waals surface area contributed by atoms with Gasteiger partial charge in [0, 0.05) is 17.4 Å². The average Bonchev–Trinajstić information content (AvgIpc) is 2.33. The first-order valence-corrected chi connectivity index (χ1v) is 7.79. The number of anilines is 1. The molecule has 0 unspecified atom stereocenters. The molecule has 19 heavy (non-hydrogen) atoms. The zero-order chi connectivity index (χ0) is 14.0. The van der Waals surface area contributed by atoms with E-state index >= 15 is 0 Å². The molecule has 0 aliphatic heterocycles. The third-order valence-corrected chi connectivity index (χ3v) is 3.45. The highest BCUT2D eigenvalue weighted by molar-refractivity contribution is 7.89. The first kappa shape index (κ1) is 13.5. The van der Waals surface area contributed by atoms with E-state index in [2.05, 4.69) is 9.97 Å². The highest BCUT2D eigenvalue weighted by Gasteiger charge is 2.13. The molecule has 2 N–H and O–H groups in total. The van der Waals surface area contributed by atoms with Crippen molar-refractivity contribution in [3.8, 4) is 11.3 Å². The van der Waals surface area contributed by atoms with Crippen LogP contribution in [0.1, 0.15) is 11.4 Å². The SMILES string of the molecule is Cc1c(N)nc(CS(C)(=O)=O)nc1-c1ccccc1. The van der Waals surface area contributed by atoms with Crippen LogP contribution in [0.5, 0.6) is 0 Å². The molecule has 5 nitrogen and oxygen atoms in total. The summed E-state index contributed by atoms with van der Waals surface area (Å²) in [5, 5.41) is 0. The fourth-order valence-corrected chi connectivity index (χ4v) is 2.36. The smallest absolute Gasteiger partial charge is 0.154 e. The van der Waals surface area contributed by atoms with Crippen LogP contribution < -0.4 is 5.73 Å². The summed E-state index contributed by atoms with van der Waals surface area (Å²) in [5.74, 6) is 0.328. The summed E-state index contributed by atoms with van der Waals surface area (Å²) in [6.45, 7) is 1.82. The number of hydrogen-bond donors (Lipinski definition) is 1. The second-order valence-electron chi connectivity index (χ2n) is 4.43. The van der Waals surface area contributed by atoms with E-state index in [1.807, 2.05) is 37.3 Å². The Labute approximate surface area is 112 Å². The standard InChI is InChI=1S/C13H15N3O2S/c1-9-12(10-6-4-3-5-7-10)15-11(16-13(9)14)8-19(2,17)18/h3-7H,8H2,1-2H3,(H2,14,15,16). The Kier molecular flexibility index (Phi) is 3.53. The topological polar surface area (TPSA) is 85.9 Å². The van der Waals surface area contributed by atoms with E-state index in [1.165, 1.54) is 0 Å². The highest BCUT2D eigenvalue weighted by Crippen LogP contribution is 2.24. The van der Waals surface area contributed by atoms with Gasteiger partial charge in [0.25, 0.3) is 0 Å². The minimum absolute atomic E-state index is 0.211. The Morgan fingerprint density at radius 1 is 1.16 bits per heavy atom. The fourth-order valence-electron chi connectivity index (χ4n) is 1.76. The molecule has 0 aliphatic rings. The molecule has 100 valence electrons. The van der Waals surface area contributed by atoms with Crippen LogP contribution in [-0.2, 0) is 15.6 Å². The summed E-state index contributed by atoms with van der Waals surface area (Å²) in [6, 6.07) is 9.49. The van der Waals surface area contributed by atoms with E-state index < -0.39 is 9.84 Å². The van der Waals surface area contributed by atoms with Gasteiger partial charge in [-0.2, -0.15) is 0 Å². The number of benzene rings is 1. The average molecular weight is 277 g/mol. The van der Waals surface area contributed by atoms with Crippen molar-refractivity contribution in [1.82, 2.24) is 9.97 Å². The second-order valence-corrected chi connectivity index (χ2v) is 6.57. The molecule has 1 aromatic heterocycles. The minimum Gasteiger partial charge on any atom is -0.383 e. The maximum atomic E-state index is 11.3. The van der Waals surface area contributed by atoms with Crippen LogP contribution in [0.15, 0.2) is 30.3 Å². The largest absolute Gasteiger partial charge is 0.383 e. The Morgan fingerprint density at radius 3 is 2.37 bits per heavy atom. The maximum absolute atomic E-state index is 11.3. The third-order valence-electron chi connectivity index (χ3n) is 2.67. The van der Waals surface area contributed by atoms with Gasteiger partial charge in [-0.25, -0.2) is 18.4 Å². The van der Waals surface area contributed by atoms with E-state index in [0.29, 0.717) is 11.5 Å². The minimum atomic E-state index is -3.19. The van der Waals surface area contributed by atoms with Crippen molar-refractivity contribution in [2.75, 3.05) is 12.0 Å². The molecule has 0 spiro atoms. The molecule has 1 aromatic carbocycles. The maximum Gasteiger partial charge on any atom is 0.154 e. The number of nitrogen functional groups attached to an aromatic ring is 1. The van der Waals surface area contributed by atoms with Crippen LogP contribution in [0, 0.1) is 6.92 Å². The molecule has 1 heterocycles. The molecule has 6 heteroatoms. The van der Waals surface area contributed by atoms with Crippen molar-refractivity contribution < 1.29 is 8.42 Å². The molecule has 0 fully saturated rings. The molecule has 2 rings (SSSR count). The van der Waals surface area contributed by atoms with Crippen LogP contribution in [0.4, 0.5) is 5.82 Å². The lowest BCUT2D eigenvalue weighted by molar-refractivity contribution is 0.599. The Bertz CT molecular complexity index is 697. The van der Waals surface area contributed by atoms with Gasteiger partial charge in [-0.05, 0) is 6.92 Å². The van der Waals surface area contributed by atoms with Gasteiger partial charge in [0.2, 0.25) is 0 Å². The van der Waals surface area contributed by atoms with E-state index in [1.54, 1.807) is 0 Å². The van der Waals surface area contributed by atoms with Gasteiger partial charge < -0.3 is 5.73 Å². The number of sulfone groups is 1. The van der Waals surface area contributed by atoms with Crippen LogP contribution in [0.2, 0.25) is 0 Å². The normalized spacial score (nSPS) is 11.5. The molecule has 2 aromatic rings. The molecule has 0 atom stereocenters. The van der Waals surface area contributed by atoms with Gasteiger partial charge >= 0.3 is 0 Å². The number of aromatic nitrogens is 2. The lowest BCUT2D eigenvalue weighted by Crippen LogP contribution is -2.09. The number of hydrogen-bond acceptors (Lipinski definition) is 5. The molecular formula is C13H15N3O2S. The summed E-state index contributed by atoms with van der Waals surface area (Å²) in [6.07, 6.45) is 1.15. The molecule has 0 aliphatic carbocycles. The third kappa shape index (κ3) is 3.29. The van der Waals surface area contributed by atoms with E-state index in [0.717, 1.165) is 17.4 Å². The molecule has 0 saturated carbocycles. The zero-order valence-corrected chi connectivity index (χ0v) is 11.6. The Morgan fingerprint density at radius 2 is 1.79 bits per heavy atom. The Balaban J connectivity index is 2.55. The van der Waals surface area contributed by atoms with Crippen molar-refractivity contribution in [3.63, 3.8) is 0 Å². The summed E-state index contributed by atoms with van der Waals surface area (Å²) >= 11 is 0. The second kappa shape index (κ2) is 4.97. The van der Waals surface area contributed by atoms with E-state index in [-0.39, 0.29) is 11.6 Å². The van der Waals surface area contributed by atoms with Gasteiger partial charge in [0.1, 0.15) is 17.4 Å². The number of nitrogens with two attached hydrogens (primary N) is 1. The van der Waals surface area contributed by atoms with Gasteiger partial charge in [-0.3, -0.25) is 0 Å². The number of rotatable bonds is 3. The number of nitrogens with zero attached hydrogens (tertiary/aromatic N) is 2. The van der Waals surface area contributed by atoms with Crippen molar-refractivity contribution in [2.45, 2.75) is 12.7 Å². The van der Waals surface area contributed by atoms with Crippen molar-refractivity contribution >= 4 is 15.7 Å². The highest BCUT2D eigenvalue weighted by atomic mass is 32.2. The van der Waals surface area contributed by atoms with Crippen LogP contribution in [0.25, 0.3) is 11.3 Å². The van der Waals surface area contributed by atoms with Crippen molar-refractivity contribution in [1.29, 1.82) is 0 Å². The van der Waals surface area contributed by atoms with Crippen molar-refractivity contribution in [2.24, 2.45) is 0 Å². The monoisotopic (exact) mass is 277 g/mol. The fraction of sp³-hybridized carbons (Fsp3) is 0.231. The zero-order valence-electron chi connectivity index (χ0n) is 10.8. The van der Waals surface area contributed by atoms with Crippen LogP contribution in [-0.4, -0.2) is 24.6 Å². The lowest BCUT2D eigenvalue weighted by atomic mass is 10.1. The van der Waals surface area contributed by atoms with E-state index in [9.17, 15) is 8.42 Å². The lowest BCUT2D eigenvalue weighted by Gasteiger charge is -2.09. The molecule has 0 radical (unpaired) electrons. The van der Waals surface area contributed by atoms with Crippen molar-refractivity contribution in [3.05, 3.63) is 41.7 Å². The van der Waals surface area contributed by atoms with Gasteiger partial charge in [0.05, 0.1) is 5.69 Å². The predicted octanol–water partition coefficient (Wildman–Crippen LogP) is 1.58. The van der Waals surface area contributed by atoms with Gasteiger partial charge in [0.15, 0.2) is 9.84 Å². The summed E-state index contributed by atoms with van der Waals surface area (Å²) in [5.41, 5.74) is 8.15. The van der Waals surface area contributed by atoms with Gasteiger partial charge in [-0.1, -0.05) is 30.3 Å². The van der Waals surface area contributed by atoms with E-state index in [4.69, 9.17) is 5.73 Å². The summed E-state index contributed by atoms with van der Waals surface area (Å²) in [7, 11) is -3.19. The summed E-state index contributed by atoms with van der Waals surface area (Å²) in [4.78, 5) is 8.35. The first-order valence-electron chi connectivity index (χ1n) is 5.73. The quantitative estimate of drug-likeness (QED) is 0.920. The summed E-state index contributed by atoms with van der Waals surface area (Å²) < 4.78 is 22.6. The van der Waals surface area contributed by atoms with Crippen LogP contribution in [0.3, 0.4) is 0 Å². The molecular weight excluding hydrogens is 262 g/mol.